The standard InChI is InChI=1S/C20H24O2/c1-5-7-15-11-17(9-13(3)19(15)21)18-10-14(4)20(22)16(12-18)8-6-2/h9-12H,5-8H2,1-4H3/b18-17+. The van der Waals surface area contributed by atoms with Gasteiger partial charge in [-0.25, -0.2) is 0 Å². The molecule has 0 unspecified atom stereocenters. The lowest BCUT2D eigenvalue weighted by Gasteiger charge is -2.18. The van der Waals surface area contributed by atoms with E-state index in [4.69, 9.17) is 0 Å². The normalized spacial score (nSPS) is 22.2. The van der Waals surface area contributed by atoms with Crippen molar-refractivity contribution in [2.75, 3.05) is 0 Å². The molecule has 0 bridgehead atoms. The van der Waals surface area contributed by atoms with Gasteiger partial charge < -0.3 is 0 Å². The molecule has 0 aliphatic heterocycles. The molecule has 2 aliphatic rings. The SMILES string of the molecule is CCCC1=C/C(=C2\C=C(C)C(=O)C(CCC)=C2)C=C(C)C1=O. The first-order chi connectivity index (χ1) is 10.5. The highest BCUT2D eigenvalue weighted by Gasteiger charge is 2.20. The average Bonchev–Trinajstić information content (AvgIpc) is 2.48. The van der Waals surface area contributed by atoms with Gasteiger partial charge in [0.15, 0.2) is 11.6 Å². The van der Waals surface area contributed by atoms with E-state index in [-0.39, 0.29) is 11.6 Å². The summed E-state index contributed by atoms with van der Waals surface area (Å²) in [5, 5.41) is 0. The quantitative estimate of drug-likeness (QED) is 0.747. The van der Waals surface area contributed by atoms with Crippen LogP contribution in [0.1, 0.15) is 53.4 Å². The van der Waals surface area contributed by atoms with E-state index >= 15 is 0 Å². The van der Waals surface area contributed by atoms with Crippen LogP contribution in [0.2, 0.25) is 0 Å². The number of carbonyl (C=O) groups excluding carboxylic acids is 2. The summed E-state index contributed by atoms with van der Waals surface area (Å²) < 4.78 is 0. The van der Waals surface area contributed by atoms with Crippen LogP contribution in [0.5, 0.6) is 0 Å². The fraction of sp³-hybridized carbons (Fsp3) is 0.400. The lowest BCUT2D eigenvalue weighted by molar-refractivity contribution is -0.113. The highest BCUT2D eigenvalue weighted by molar-refractivity contribution is 6.11. The number of Topliss-reactive ketones (excluding diaryl/α,β-unsaturated/α-hetero) is 2. The first-order valence-corrected chi connectivity index (χ1v) is 8.09. The van der Waals surface area contributed by atoms with Gasteiger partial charge >= 0.3 is 0 Å². The Morgan fingerprint density at radius 2 is 1.05 bits per heavy atom. The molecule has 0 heterocycles. The van der Waals surface area contributed by atoms with E-state index in [1.54, 1.807) is 0 Å². The fourth-order valence-corrected chi connectivity index (χ4v) is 2.94. The summed E-state index contributed by atoms with van der Waals surface area (Å²) in [6.45, 7) is 7.90. The van der Waals surface area contributed by atoms with E-state index < -0.39 is 0 Å². The van der Waals surface area contributed by atoms with Crippen molar-refractivity contribution in [1.82, 2.24) is 0 Å². The summed E-state index contributed by atoms with van der Waals surface area (Å²) >= 11 is 0. The number of carbonyl (C=O) groups is 2. The van der Waals surface area contributed by atoms with Crippen molar-refractivity contribution in [3.63, 3.8) is 0 Å². The van der Waals surface area contributed by atoms with Crippen LogP contribution in [0.3, 0.4) is 0 Å². The Bertz CT molecular complexity index is 606. The van der Waals surface area contributed by atoms with Gasteiger partial charge in [-0.05, 0) is 73.3 Å². The van der Waals surface area contributed by atoms with Gasteiger partial charge in [0.05, 0.1) is 0 Å². The first kappa shape index (κ1) is 16.4. The molecular formula is C20H24O2. The van der Waals surface area contributed by atoms with Crippen LogP contribution in [-0.4, -0.2) is 11.6 Å². The second-order valence-corrected chi connectivity index (χ2v) is 6.06. The van der Waals surface area contributed by atoms with Crippen molar-refractivity contribution < 1.29 is 9.59 Å². The number of ketones is 2. The minimum absolute atomic E-state index is 0.150. The van der Waals surface area contributed by atoms with E-state index in [0.717, 1.165) is 59.1 Å². The maximum atomic E-state index is 12.2. The molecule has 0 aromatic heterocycles. The highest BCUT2D eigenvalue weighted by Crippen LogP contribution is 2.29. The lowest BCUT2D eigenvalue weighted by Crippen LogP contribution is -2.12. The molecular weight excluding hydrogens is 272 g/mol. The maximum Gasteiger partial charge on any atom is 0.184 e. The van der Waals surface area contributed by atoms with E-state index in [1.165, 1.54) is 0 Å². The van der Waals surface area contributed by atoms with Crippen LogP contribution < -0.4 is 0 Å². The van der Waals surface area contributed by atoms with Crippen LogP contribution in [0, 0.1) is 0 Å². The van der Waals surface area contributed by atoms with Crippen molar-refractivity contribution >= 4 is 11.6 Å². The molecule has 0 atom stereocenters. The number of allylic oxidation sites excluding steroid dienone is 10. The topological polar surface area (TPSA) is 34.1 Å². The summed E-state index contributed by atoms with van der Waals surface area (Å²) in [6, 6.07) is 0. The summed E-state index contributed by atoms with van der Waals surface area (Å²) in [5.41, 5.74) is 5.39. The van der Waals surface area contributed by atoms with Gasteiger partial charge in [0, 0.05) is 11.1 Å². The van der Waals surface area contributed by atoms with Crippen molar-refractivity contribution in [2.45, 2.75) is 53.4 Å². The summed E-state index contributed by atoms with van der Waals surface area (Å²) in [5.74, 6) is 0.299. The zero-order valence-electron chi connectivity index (χ0n) is 14.0. The van der Waals surface area contributed by atoms with Crippen molar-refractivity contribution in [1.29, 1.82) is 0 Å². The molecule has 2 aliphatic carbocycles. The second kappa shape index (κ2) is 6.87. The maximum absolute atomic E-state index is 12.2. The molecule has 2 heteroatoms. The minimum Gasteiger partial charge on any atom is -0.289 e. The first-order valence-electron chi connectivity index (χ1n) is 8.09. The molecule has 2 nitrogen and oxygen atoms in total. The predicted octanol–water partition coefficient (Wildman–Crippen LogP) is 4.79. The van der Waals surface area contributed by atoms with Gasteiger partial charge in [0.25, 0.3) is 0 Å². The Labute approximate surface area is 133 Å². The van der Waals surface area contributed by atoms with E-state index in [9.17, 15) is 9.59 Å². The largest absolute Gasteiger partial charge is 0.289 e. The third kappa shape index (κ3) is 3.27. The fourth-order valence-electron chi connectivity index (χ4n) is 2.94. The Morgan fingerprint density at radius 3 is 1.36 bits per heavy atom. The van der Waals surface area contributed by atoms with Gasteiger partial charge in [0.1, 0.15) is 0 Å². The van der Waals surface area contributed by atoms with E-state index in [1.807, 2.05) is 38.2 Å². The molecule has 0 fully saturated rings. The molecule has 0 saturated carbocycles. The van der Waals surface area contributed by atoms with Crippen LogP contribution >= 0.6 is 0 Å². The molecule has 0 aromatic carbocycles. The molecule has 2 rings (SSSR count). The minimum atomic E-state index is 0.150. The summed E-state index contributed by atoms with van der Waals surface area (Å²) in [6.07, 6.45) is 11.4. The number of hydrogen-bond acceptors (Lipinski definition) is 2. The molecule has 0 amide bonds. The number of hydrogen-bond donors (Lipinski definition) is 0. The van der Waals surface area contributed by atoms with Gasteiger partial charge in [0.2, 0.25) is 0 Å². The van der Waals surface area contributed by atoms with Gasteiger partial charge in [-0.1, -0.05) is 26.7 Å². The van der Waals surface area contributed by atoms with Crippen molar-refractivity contribution in [3.05, 3.63) is 57.7 Å². The van der Waals surface area contributed by atoms with Crippen molar-refractivity contribution in [2.24, 2.45) is 0 Å². The molecule has 22 heavy (non-hydrogen) atoms. The van der Waals surface area contributed by atoms with Gasteiger partial charge in [-0.15, -0.1) is 0 Å². The van der Waals surface area contributed by atoms with Gasteiger partial charge in [-0.3, -0.25) is 9.59 Å². The average molecular weight is 296 g/mol. The second-order valence-electron chi connectivity index (χ2n) is 6.06. The molecule has 0 radical (unpaired) electrons. The monoisotopic (exact) mass is 296 g/mol. The summed E-state index contributed by atoms with van der Waals surface area (Å²) in [4.78, 5) is 24.4. The molecule has 116 valence electrons. The van der Waals surface area contributed by atoms with Crippen LogP contribution in [0.4, 0.5) is 0 Å². The number of rotatable bonds is 4. The molecule has 0 saturated heterocycles. The van der Waals surface area contributed by atoms with E-state index in [2.05, 4.69) is 13.8 Å². The third-order valence-corrected chi connectivity index (χ3v) is 4.08. The van der Waals surface area contributed by atoms with E-state index in [0.29, 0.717) is 0 Å². The zero-order valence-corrected chi connectivity index (χ0v) is 14.0. The predicted molar refractivity (Wildman–Crippen MR) is 90.5 cm³/mol. The summed E-state index contributed by atoms with van der Waals surface area (Å²) in [7, 11) is 0. The Kier molecular flexibility index (Phi) is 5.12. The highest BCUT2D eigenvalue weighted by atomic mass is 16.1. The Morgan fingerprint density at radius 1 is 0.682 bits per heavy atom. The Balaban J connectivity index is 2.52. The zero-order chi connectivity index (χ0) is 16.3. The van der Waals surface area contributed by atoms with Gasteiger partial charge in [-0.2, -0.15) is 0 Å². The third-order valence-electron chi connectivity index (χ3n) is 4.08. The molecule has 0 N–H and O–H groups in total. The van der Waals surface area contributed by atoms with Crippen LogP contribution in [-0.2, 0) is 9.59 Å². The van der Waals surface area contributed by atoms with Crippen LogP contribution in [0.15, 0.2) is 57.7 Å². The van der Waals surface area contributed by atoms with Crippen LogP contribution in [0.25, 0.3) is 0 Å². The van der Waals surface area contributed by atoms with Crippen molar-refractivity contribution in [3.8, 4) is 0 Å². The molecule has 0 spiro atoms. The smallest absolute Gasteiger partial charge is 0.184 e. The Hall–Kier alpha value is -1.96. The lowest BCUT2D eigenvalue weighted by atomic mass is 9.85. The molecule has 0 aromatic rings.